The molecule has 1 aliphatic carbocycles. The zero-order valence-electron chi connectivity index (χ0n) is 20.5. The molecule has 0 unspecified atom stereocenters. The smallest absolute Gasteiger partial charge is 0.243 e. The SMILES string of the molecule is CCN(CC)S(=O)(=O)c1ccc2c(c1)nc(CCC(=O)NCCNC(=O)C1CCCCC1)n2C. The molecule has 1 aliphatic rings. The van der Waals surface area contributed by atoms with Crippen LogP contribution in [0, 0.1) is 5.92 Å². The molecule has 2 N–H and O–H groups in total. The van der Waals surface area contributed by atoms with Crippen molar-refractivity contribution in [1.82, 2.24) is 24.5 Å². The van der Waals surface area contributed by atoms with Gasteiger partial charge in [0.25, 0.3) is 0 Å². The summed E-state index contributed by atoms with van der Waals surface area (Å²) in [6.07, 6.45) is 6.05. The molecule has 1 fully saturated rings. The highest BCUT2D eigenvalue weighted by molar-refractivity contribution is 7.89. The van der Waals surface area contributed by atoms with Gasteiger partial charge in [-0.2, -0.15) is 4.31 Å². The number of amides is 2. The third-order valence-electron chi connectivity index (χ3n) is 6.59. The lowest BCUT2D eigenvalue weighted by molar-refractivity contribution is -0.126. The summed E-state index contributed by atoms with van der Waals surface area (Å²) in [5, 5.41) is 5.76. The maximum Gasteiger partial charge on any atom is 0.243 e. The highest BCUT2D eigenvalue weighted by Gasteiger charge is 2.23. The van der Waals surface area contributed by atoms with Crippen LogP contribution in [0.1, 0.15) is 58.2 Å². The van der Waals surface area contributed by atoms with E-state index in [1.54, 1.807) is 18.2 Å². The van der Waals surface area contributed by atoms with Gasteiger partial charge in [-0.15, -0.1) is 0 Å². The molecular formula is C24H37N5O4S. The Morgan fingerprint density at radius 1 is 1.09 bits per heavy atom. The topological polar surface area (TPSA) is 113 Å². The summed E-state index contributed by atoms with van der Waals surface area (Å²) in [4.78, 5) is 29.2. The molecule has 0 saturated heterocycles. The van der Waals surface area contributed by atoms with E-state index in [0.29, 0.717) is 43.9 Å². The molecule has 0 spiro atoms. The first-order chi connectivity index (χ1) is 16.3. The predicted molar refractivity (Wildman–Crippen MR) is 132 cm³/mol. The van der Waals surface area contributed by atoms with E-state index >= 15 is 0 Å². The van der Waals surface area contributed by atoms with Crippen molar-refractivity contribution < 1.29 is 18.0 Å². The number of nitrogens with zero attached hydrogens (tertiary/aromatic N) is 3. The van der Waals surface area contributed by atoms with Crippen LogP contribution >= 0.6 is 0 Å². The van der Waals surface area contributed by atoms with Crippen LogP contribution in [0.4, 0.5) is 0 Å². The fraction of sp³-hybridized carbons (Fsp3) is 0.625. The Hall–Kier alpha value is -2.46. The van der Waals surface area contributed by atoms with Crippen LogP contribution in [0.2, 0.25) is 0 Å². The Morgan fingerprint density at radius 3 is 2.44 bits per heavy atom. The Labute approximate surface area is 202 Å². The second-order valence-corrected chi connectivity index (χ2v) is 10.7. The molecule has 0 bridgehead atoms. The first-order valence-corrected chi connectivity index (χ1v) is 13.7. The molecule has 1 saturated carbocycles. The number of aryl methyl sites for hydroxylation is 2. The first-order valence-electron chi connectivity index (χ1n) is 12.3. The third-order valence-corrected chi connectivity index (χ3v) is 8.63. The Bertz CT molecular complexity index is 1100. The summed E-state index contributed by atoms with van der Waals surface area (Å²) >= 11 is 0. The zero-order valence-corrected chi connectivity index (χ0v) is 21.3. The fourth-order valence-electron chi connectivity index (χ4n) is 4.54. The minimum atomic E-state index is -3.56. The summed E-state index contributed by atoms with van der Waals surface area (Å²) in [6.45, 7) is 5.26. The van der Waals surface area contributed by atoms with Gasteiger partial charge < -0.3 is 15.2 Å². The van der Waals surface area contributed by atoms with Gasteiger partial charge in [0.05, 0.1) is 15.9 Å². The van der Waals surface area contributed by atoms with E-state index in [1.165, 1.54) is 10.7 Å². The van der Waals surface area contributed by atoms with Crippen molar-refractivity contribution in [2.75, 3.05) is 26.2 Å². The molecule has 188 valence electrons. The lowest BCUT2D eigenvalue weighted by Crippen LogP contribution is -2.38. The normalized spacial score (nSPS) is 15.1. The van der Waals surface area contributed by atoms with Crippen molar-refractivity contribution in [2.24, 2.45) is 13.0 Å². The van der Waals surface area contributed by atoms with Gasteiger partial charge in [-0.25, -0.2) is 13.4 Å². The van der Waals surface area contributed by atoms with Crippen molar-refractivity contribution in [3.8, 4) is 0 Å². The van der Waals surface area contributed by atoms with Crippen LogP contribution in [0.15, 0.2) is 23.1 Å². The summed E-state index contributed by atoms with van der Waals surface area (Å²) in [7, 11) is -1.70. The summed E-state index contributed by atoms with van der Waals surface area (Å²) in [5.41, 5.74) is 1.41. The van der Waals surface area contributed by atoms with E-state index in [9.17, 15) is 18.0 Å². The molecule has 1 aromatic heterocycles. The van der Waals surface area contributed by atoms with Crippen LogP contribution in [-0.4, -0.2) is 60.3 Å². The zero-order chi connectivity index (χ0) is 24.7. The highest BCUT2D eigenvalue weighted by Crippen LogP contribution is 2.24. The largest absolute Gasteiger partial charge is 0.354 e. The van der Waals surface area contributed by atoms with Crippen LogP contribution in [0.3, 0.4) is 0 Å². The van der Waals surface area contributed by atoms with Crippen LogP contribution < -0.4 is 10.6 Å². The van der Waals surface area contributed by atoms with Crippen LogP contribution in [0.25, 0.3) is 11.0 Å². The molecule has 0 atom stereocenters. The molecule has 1 heterocycles. The van der Waals surface area contributed by atoms with Gasteiger partial charge in [0.1, 0.15) is 5.82 Å². The van der Waals surface area contributed by atoms with E-state index in [0.717, 1.165) is 31.2 Å². The molecule has 1 aromatic carbocycles. The molecule has 0 radical (unpaired) electrons. The number of sulfonamides is 1. The summed E-state index contributed by atoms with van der Waals surface area (Å²) < 4.78 is 28.9. The van der Waals surface area contributed by atoms with E-state index < -0.39 is 10.0 Å². The number of rotatable bonds is 11. The highest BCUT2D eigenvalue weighted by atomic mass is 32.2. The predicted octanol–water partition coefficient (Wildman–Crippen LogP) is 2.35. The summed E-state index contributed by atoms with van der Waals surface area (Å²) in [5.74, 6) is 0.817. The number of aromatic nitrogens is 2. The number of hydrogen-bond donors (Lipinski definition) is 2. The fourth-order valence-corrected chi connectivity index (χ4v) is 6.02. The van der Waals surface area contributed by atoms with Gasteiger partial charge in [-0.3, -0.25) is 9.59 Å². The Morgan fingerprint density at radius 2 is 1.76 bits per heavy atom. The molecule has 10 heteroatoms. The number of imidazole rings is 1. The quantitative estimate of drug-likeness (QED) is 0.469. The van der Waals surface area contributed by atoms with Gasteiger partial charge >= 0.3 is 0 Å². The van der Waals surface area contributed by atoms with Gasteiger partial charge in [0, 0.05) is 52.0 Å². The number of benzene rings is 1. The molecule has 0 aliphatic heterocycles. The Balaban J connectivity index is 1.52. The molecule has 2 aromatic rings. The molecule has 3 rings (SSSR count). The van der Waals surface area contributed by atoms with E-state index in [1.807, 2.05) is 25.5 Å². The van der Waals surface area contributed by atoms with Gasteiger partial charge in [0.2, 0.25) is 21.8 Å². The second-order valence-electron chi connectivity index (χ2n) is 8.80. The maximum atomic E-state index is 12.8. The van der Waals surface area contributed by atoms with Crippen LogP contribution in [-0.2, 0) is 33.1 Å². The molecule has 9 nitrogen and oxygen atoms in total. The number of hydrogen-bond acceptors (Lipinski definition) is 5. The van der Waals surface area contributed by atoms with Crippen molar-refractivity contribution >= 4 is 32.9 Å². The number of carbonyl (C=O) groups is 2. The van der Waals surface area contributed by atoms with Gasteiger partial charge in [-0.1, -0.05) is 33.1 Å². The average molecular weight is 492 g/mol. The monoisotopic (exact) mass is 491 g/mol. The van der Waals surface area contributed by atoms with E-state index in [2.05, 4.69) is 15.6 Å². The van der Waals surface area contributed by atoms with Crippen molar-refractivity contribution in [3.05, 3.63) is 24.0 Å². The standard InChI is InChI=1S/C24H37N5O4S/c1-4-29(5-2)34(32,33)19-11-12-21-20(17-19)27-22(28(21)3)13-14-23(30)25-15-16-26-24(31)18-9-7-6-8-10-18/h11-12,17-18H,4-10,13-16H2,1-3H3,(H,25,30)(H,26,31). The number of carbonyl (C=O) groups excluding carboxylic acids is 2. The van der Waals surface area contributed by atoms with E-state index in [4.69, 9.17) is 0 Å². The number of nitrogens with one attached hydrogen (secondary N) is 2. The maximum absolute atomic E-state index is 12.8. The molecule has 34 heavy (non-hydrogen) atoms. The van der Waals surface area contributed by atoms with Gasteiger partial charge in [0.15, 0.2) is 0 Å². The number of fused-ring (bicyclic) bond motifs is 1. The lowest BCUT2D eigenvalue weighted by atomic mass is 9.89. The van der Waals surface area contributed by atoms with Gasteiger partial charge in [-0.05, 0) is 31.0 Å². The molecule has 2 amide bonds. The summed E-state index contributed by atoms with van der Waals surface area (Å²) in [6, 6.07) is 4.97. The van der Waals surface area contributed by atoms with E-state index in [-0.39, 0.29) is 29.0 Å². The third kappa shape index (κ3) is 6.15. The molecular weight excluding hydrogens is 454 g/mol. The second kappa shape index (κ2) is 11.8. The average Bonchev–Trinajstić information content (AvgIpc) is 3.16. The van der Waals surface area contributed by atoms with Crippen LogP contribution in [0.5, 0.6) is 0 Å². The van der Waals surface area contributed by atoms with Crippen molar-refractivity contribution in [1.29, 1.82) is 0 Å². The lowest BCUT2D eigenvalue weighted by Gasteiger charge is -2.20. The minimum Gasteiger partial charge on any atom is -0.354 e. The van der Waals surface area contributed by atoms with Crippen molar-refractivity contribution in [3.63, 3.8) is 0 Å². The first kappa shape index (κ1) is 26.2. The van der Waals surface area contributed by atoms with Crippen molar-refractivity contribution in [2.45, 2.75) is 63.7 Å². The minimum absolute atomic E-state index is 0.0935. The Kier molecular flexibility index (Phi) is 9.07.